The lowest BCUT2D eigenvalue weighted by molar-refractivity contribution is 0.0499. The molecule has 1 saturated heterocycles. The molecule has 2 rings (SSSR count). The Bertz CT molecular complexity index is 512. The number of rotatable bonds is 5. The number of carbonyl (C=O) groups excluding carboxylic acids is 1. The highest BCUT2D eigenvalue weighted by molar-refractivity contribution is 5.89. The Morgan fingerprint density at radius 1 is 1.27 bits per heavy atom. The van der Waals surface area contributed by atoms with Gasteiger partial charge in [0.2, 0.25) is 0 Å². The van der Waals surface area contributed by atoms with Gasteiger partial charge in [-0.1, -0.05) is 25.5 Å². The van der Waals surface area contributed by atoms with Gasteiger partial charge in [-0.15, -0.1) is 0 Å². The van der Waals surface area contributed by atoms with Crippen LogP contribution in [0, 0.1) is 0 Å². The molecule has 5 nitrogen and oxygen atoms in total. The first-order chi connectivity index (χ1) is 10.6. The molecule has 1 amide bonds. The number of hydrogen-bond acceptors (Lipinski definition) is 3. The smallest absolute Gasteiger partial charge is 0.407 e. The minimum absolute atomic E-state index is 0.114. The van der Waals surface area contributed by atoms with Crippen molar-refractivity contribution in [2.24, 2.45) is 0 Å². The monoisotopic (exact) mass is 305 g/mol. The lowest BCUT2D eigenvalue weighted by Crippen LogP contribution is -2.37. The van der Waals surface area contributed by atoms with Gasteiger partial charge in [0.25, 0.3) is 0 Å². The van der Waals surface area contributed by atoms with Crippen LogP contribution in [0.25, 0.3) is 0 Å². The van der Waals surface area contributed by atoms with Crippen LogP contribution in [0.2, 0.25) is 0 Å². The maximum absolute atomic E-state index is 11.9. The zero-order valence-corrected chi connectivity index (χ0v) is 13.0. The van der Waals surface area contributed by atoms with Crippen molar-refractivity contribution >= 4 is 12.1 Å². The minimum Gasteiger partial charge on any atom is -0.465 e. The quantitative estimate of drug-likeness (QED) is 0.663. The fourth-order valence-electron chi connectivity index (χ4n) is 2.74. The number of likely N-dealkylation sites (tertiary alicyclic amines) is 1. The van der Waals surface area contributed by atoms with Crippen molar-refractivity contribution in [3.63, 3.8) is 0 Å². The number of piperidine rings is 1. The predicted molar refractivity (Wildman–Crippen MR) is 83.0 cm³/mol. The van der Waals surface area contributed by atoms with Gasteiger partial charge >= 0.3 is 12.1 Å². The van der Waals surface area contributed by atoms with Crippen molar-refractivity contribution in [3.05, 3.63) is 35.4 Å². The number of carbonyl (C=O) groups is 2. The molecule has 1 N–H and O–H groups in total. The van der Waals surface area contributed by atoms with Gasteiger partial charge in [-0.2, -0.15) is 0 Å². The van der Waals surface area contributed by atoms with Gasteiger partial charge < -0.3 is 14.7 Å². The number of unbranched alkanes of at least 4 members (excludes halogenated alkanes) is 1. The summed E-state index contributed by atoms with van der Waals surface area (Å²) in [6.45, 7) is 3.05. The van der Waals surface area contributed by atoms with Gasteiger partial charge in [0.1, 0.15) is 0 Å². The van der Waals surface area contributed by atoms with E-state index < -0.39 is 6.09 Å². The maximum Gasteiger partial charge on any atom is 0.407 e. The summed E-state index contributed by atoms with van der Waals surface area (Å²) in [5.74, 6) is -0.321. The van der Waals surface area contributed by atoms with Crippen molar-refractivity contribution in [1.29, 1.82) is 0 Å². The van der Waals surface area contributed by atoms with Crippen molar-refractivity contribution < 1.29 is 19.4 Å². The molecule has 0 radical (unpaired) electrons. The number of hydrogen-bond donors (Lipinski definition) is 1. The highest BCUT2D eigenvalue weighted by Crippen LogP contribution is 2.31. The lowest BCUT2D eigenvalue weighted by atomic mass is 9.95. The minimum atomic E-state index is -0.882. The van der Waals surface area contributed by atoms with E-state index in [0.717, 1.165) is 37.7 Å². The molecule has 1 aromatic rings. The summed E-state index contributed by atoms with van der Waals surface area (Å²) >= 11 is 0. The zero-order valence-electron chi connectivity index (χ0n) is 13.0. The molecule has 0 spiro atoms. The highest BCUT2D eigenvalue weighted by atomic mass is 16.5. The molecule has 22 heavy (non-hydrogen) atoms. The summed E-state index contributed by atoms with van der Waals surface area (Å²) in [6.07, 6.45) is 3.72. The second-order valence-electron chi connectivity index (χ2n) is 5.60. The van der Waals surface area contributed by atoms with Crippen molar-refractivity contribution in [2.75, 3.05) is 13.2 Å². The molecular formula is C17H23NO4. The van der Waals surface area contributed by atoms with Crippen LogP contribution >= 0.6 is 0 Å². The molecule has 1 aromatic carbocycles. The summed E-state index contributed by atoms with van der Waals surface area (Å²) in [4.78, 5) is 24.6. The molecule has 1 aliphatic rings. The third kappa shape index (κ3) is 4.00. The fraction of sp³-hybridized carbons (Fsp3) is 0.529. The second-order valence-corrected chi connectivity index (χ2v) is 5.60. The molecular weight excluding hydrogens is 282 g/mol. The van der Waals surface area contributed by atoms with Gasteiger partial charge in [0.15, 0.2) is 0 Å². The Hall–Kier alpha value is -2.04. The molecule has 0 bridgehead atoms. The molecule has 1 fully saturated rings. The summed E-state index contributed by atoms with van der Waals surface area (Å²) in [7, 11) is 0. The Balaban J connectivity index is 2.04. The van der Waals surface area contributed by atoms with Crippen molar-refractivity contribution in [2.45, 2.75) is 45.1 Å². The second kappa shape index (κ2) is 7.82. The van der Waals surface area contributed by atoms with Gasteiger partial charge in [-0.05, 0) is 43.4 Å². The molecule has 1 aliphatic heterocycles. The van der Waals surface area contributed by atoms with E-state index in [1.54, 1.807) is 12.1 Å². The van der Waals surface area contributed by atoms with Crippen LogP contribution in [-0.4, -0.2) is 35.2 Å². The molecule has 120 valence electrons. The van der Waals surface area contributed by atoms with E-state index in [0.29, 0.717) is 18.7 Å². The SMILES string of the molecule is CCCCOC(=O)c1ccc(C2CCCCN2C(=O)O)cc1. The van der Waals surface area contributed by atoms with E-state index in [4.69, 9.17) is 4.74 Å². The number of nitrogens with zero attached hydrogens (tertiary/aromatic N) is 1. The van der Waals surface area contributed by atoms with Crippen LogP contribution in [-0.2, 0) is 4.74 Å². The lowest BCUT2D eigenvalue weighted by Gasteiger charge is -2.33. The van der Waals surface area contributed by atoms with Crippen LogP contribution in [0.4, 0.5) is 4.79 Å². The summed E-state index contributed by atoms with van der Waals surface area (Å²) in [5.41, 5.74) is 1.45. The molecule has 0 aliphatic carbocycles. The predicted octanol–water partition coefficient (Wildman–Crippen LogP) is 3.85. The first-order valence-corrected chi connectivity index (χ1v) is 7.90. The number of benzene rings is 1. The van der Waals surface area contributed by atoms with Crippen LogP contribution in [0.1, 0.15) is 61.0 Å². The van der Waals surface area contributed by atoms with Gasteiger partial charge in [0.05, 0.1) is 18.2 Å². The third-order valence-corrected chi connectivity index (χ3v) is 4.01. The van der Waals surface area contributed by atoms with E-state index in [2.05, 4.69) is 0 Å². The van der Waals surface area contributed by atoms with Crippen molar-refractivity contribution in [3.8, 4) is 0 Å². The molecule has 1 atom stereocenters. The summed E-state index contributed by atoms with van der Waals surface area (Å²) in [5, 5.41) is 9.29. The first kappa shape index (κ1) is 16.3. The Morgan fingerprint density at radius 3 is 2.64 bits per heavy atom. The van der Waals surface area contributed by atoms with E-state index in [1.807, 2.05) is 19.1 Å². The molecule has 1 heterocycles. The molecule has 1 unspecified atom stereocenters. The Kier molecular flexibility index (Phi) is 5.81. The number of esters is 1. The molecule has 5 heteroatoms. The standard InChI is InChI=1S/C17H23NO4/c1-2-3-12-22-16(19)14-9-7-13(8-10-14)15-6-4-5-11-18(15)17(20)21/h7-10,15H,2-6,11-12H2,1H3,(H,20,21). The number of amides is 1. The molecule has 0 aromatic heterocycles. The highest BCUT2D eigenvalue weighted by Gasteiger charge is 2.27. The molecule has 0 saturated carbocycles. The van der Waals surface area contributed by atoms with Crippen LogP contribution in [0.3, 0.4) is 0 Å². The third-order valence-electron chi connectivity index (χ3n) is 4.01. The number of carboxylic acid groups (broad SMARTS) is 1. The van der Waals surface area contributed by atoms with E-state index in [9.17, 15) is 14.7 Å². The van der Waals surface area contributed by atoms with Crippen LogP contribution in [0.5, 0.6) is 0 Å². The average molecular weight is 305 g/mol. The maximum atomic E-state index is 11.9. The largest absolute Gasteiger partial charge is 0.465 e. The average Bonchev–Trinajstić information content (AvgIpc) is 2.55. The van der Waals surface area contributed by atoms with Gasteiger partial charge in [-0.3, -0.25) is 0 Å². The summed E-state index contributed by atoms with van der Waals surface area (Å²) in [6, 6.07) is 7.00. The van der Waals surface area contributed by atoms with E-state index in [-0.39, 0.29) is 12.0 Å². The number of ether oxygens (including phenoxy) is 1. The Morgan fingerprint density at radius 2 is 2.00 bits per heavy atom. The van der Waals surface area contributed by atoms with E-state index >= 15 is 0 Å². The van der Waals surface area contributed by atoms with Gasteiger partial charge in [-0.25, -0.2) is 9.59 Å². The van der Waals surface area contributed by atoms with Gasteiger partial charge in [0, 0.05) is 6.54 Å². The van der Waals surface area contributed by atoms with Crippen LogP contribution < -0.4 is 0 Å². The fourth-order valence-corrected chi connectivity index (χ4v) is 2.74. The first-order valence-electron chi connectivity index (χ1n) is 7.90. The summed E-state index contributed by atoms with van der Waals surface area (Å²) < 4.78 is 5.17. The van der Waals surface area contributed by atoms with Crippen LogP contribution in [0.15, 0.2) is 24.3 Å². The van der Waals surface area contributed by atoms with E-state index in [1.165, 1.54) is 4.90 Å². The zero-order chi connectivity index (χ0) is 15.9. The Labute approximate surface area is 130 Å². The van der Waals surface area contributed by atoms with Crippen molar-refractivity contribution in [1.82, 2.24) is 4.90 Å². The normalized spacial score (nSPS) is 18.0. The topological polar surface area (TPSA) is 66.8 Å².